The molecule has 7 nitrogen and oxygen atoms in total. The number of amides is 1. The molecule has 1 aromatic carbocycles. The van der Waals surface area contributed by atoms with Crippen LogP contribution in [0.1, 0.15) is 31.7 Å². The average molecular weight is 349 g/mol. The standard InChI is InChI=1S/C18H24N2O5/c1-12(19)16(21)20(11-5-8-14(20)17(22)23)15(18(24)25)10-9-13-6-3-2-4-7-13/h2-4,6-7,12,14-15H,5,8-11,19H2,1H3,(H-,22,23,24,25)/p+1/t12-,14-,15?,20?/m0/s1. The number of carbonyl (C=O) groups is 3. The number of quaternary nitrogens is 1. The van der Waals surface area contributed by atoms with Crippen molar-refractivity contribution in [2.24, 2.45) is 5.73 Å². The van der Waals surface area contributed by atoms with E-state index in [-0.39, 0.29) is 19.4 Å². The zero-order chi connectivity index (χ0) is 18.6. The number of nitrogens with two attached hydrogens (primary N) is 1. The maximum absolute atomic E-state index is 12.9. The van der Waals surface area contributed by atoms with Crippen molar-refractivity contribution in [2.75, 3.05) is 6.54 Å². The Morgan fingerprint density at radius 1 is 1.24 bits per heavy atom. The Kier molecular flexibility index (Phi) is 5.92. The second kappa shape index (κ2) is 7.76. The van der Waals surface area contributed by atoms with Crippen molar-refractivity contribution >= 4 is 17.8 Å². The lowest BCUT2D eigenvalue weighted by atomic mass is 9.99. The first-order valence-corrected chi connectivity index (χ1v) is 8.47. The SMILES string of the molecule is C[C@H](N)C(=O)[N+]1(C(CCc2ccccc2)C(=O)O)CCC[C@H]1C(=O)O. The number of hydrogen-bond acceptors (Lipinski definition) is 4. The minimum atomic E-state index is -1.15. The Hall–Kier alpha value is -2.25. The highest BCUT2D eigenvalue weighted by Gasteiger charge is 2.59. The summed E-state index contributed by atoms with van der Waals surface area (Å²) in [5, 5.41) is 19.4. The molecule has 1 aliphatic heterocycles. The fourth-order valence-corrected chi connectivity index (χ4v) is 3.92. The molecular formula is C18H25N2O5+. The molecule has 0 radical (unpaired) electrons. The van der Waals surface area contributed by atoms with Crippen molar-refractivity contribution in [3.8, 4) is 0 Å². The molecule has 0 saturated carbocycles. The molecule has 2 unspecified atom stereocenters. The zero-order valence-corrected chi connectivity index (χ0v) is 14.3. The summed E-state index contributed by atoms with van der Waals surface area (Å²) in [6.07, 6.45) is 1.41. The van der Waals surface area contributed by atoms with Crippen molar-refractivity contribution in [1.29, 1.82) is 0 Å². The molecule has 2 rings (SSSR count). The summed E-state index contributed by atoms with van der Waals surface area (Å²) in [5.74, 6) is -2.80. The molecule has 1 fully saturated rings. The molecule has 0 bridgehead atoms. The third-order valence-electron chi connectivity index (χ3n) is 5.04. The first-order valence-electron chi connectivity index (χ1n) is 8.47. The summed E-state index contributed by atoms with van der Waals surface area (Å²) >= 11 is 0. The maximum atomic E-state index is 12.9. The van der Waals surface area contributed by atoms with Gasteiger partial charge in [-0.05, 0) is 18.9 Å². The number of likely N-dealkylation sites (tertiary alicyclic amines) is 1. The van der Waals surface area contributed by atoms with Crippen LogP contribution in [0.25, 0.3) is 0 Å². The van der Waals surface area contributed by atoms with E-state index in [1.54, 1.807) is 0 Å². The van der Waals surface area contributed by atoms with Crippen LogP contribution >= 0.6 is 0 Å². The Balaban J connectivity index is 2.39. The quantitative estimate of drug-likeness (QED) is 0.632. The van der Waals surface area contributed by atoms with E-state index in [2.05, 4.69) is 0 Å². The minimum absolute atomic E-state index is 0.182. The predicted molar refractivity (Wildman–Crippen MR) is 90.6 cm³/mol. The molecule has 1 aromatic rings. The van der Waals surface area contributed by atoms with Crippen LogP contribution in [-0.4, -0.2) is 57.2 Å². The van der Waals surface area contributed by atoms with Crippen LogP contribution in [-0.2, 0) is 20.8 Å². The molecular weight excluding hydrogens is 324 g/mol. The van der Waals surface area contributed by atoms with Crippen LogP contribution in [0.2, 0.25) is 0 Å². The topological polar surface area (TPSA) is 118 Å². The largest absolute Gasteiger partial charge is 0.477 e. The lowest BCUT2D eigenvalue weighted by molar-refractivity contribution is -0.875. The van der Waals surface area contributed by atoms with E-state index in [1.807, 2.05) is 30.3 Å². The third-order valence-corrected chi connectivity index (χ3v) is 5.04. The molecule has 0 aliphatic carbocycles. The van der Waals surface area contributed by atoms with Crippen LogP contribution in [0.5, 0.6) is 0 Å². The van der Waals surface area contributed by atoms with Gasteiger partial charge in [0.05, 0.1) is 6.54 Å². The molecule has 7 heteroatoms. The first-order chi connectivity index (χ1) is 11.8. The smallest absolute Gasteiger partial charge is 0.363 e. The molecule has 1 saturated heterocycles. The lowest BCUT2D eigenvalue weighted by Crippen LogP contribution is -2.69. The van der Waals surface area contributed by atoms with Gasteiger partial charge in [0.1, 0.15) is 6.04 Å². The normalized spacial score (nSPS) is 25.3. The molecule has 1 aliphatic rings. The number of nitrogens with zero attached hydrogens (tertiary/aromatic N) is 1. The number of carboxylic acid groups (broad SMARTS) is 2. The van der Waals surface area contributed by atoms with E-state index in [0.29, 0.717) is 12.8 Å². The molecule has 0 aromatic heterocycles. The zero-order valence-electron chi connectivity index (χ0n) is 14.3. The van der Waals surface area contributed by atoms with Crippen LogP contribution < -0.4 is 5.73 Å². The van der Waals surface area contributed by atoms with Crippen molar-refractivity contribution in [1.82, 2.24) is 0 Å². The summed E-state index contributed by atoms with van der Waals surface area (Å²) in [6.45, 7) is 1.68. The van der Waals surface area contributed by atoms with Gasteiger partial charge in [0.15, 0.2) is 12.1 Å². The van der Waals surface area contributed by atoms with Gasteiger partial charge in [0.2, 0.25) is 0 Å². The minimum Gasteiger partial charge on any atom is -0.477 e. The molecule has 4 N–H and O–H groups in total. The van der Waals surface area contributed by atoms with Crippen LogP contribution in [0.3, 0.4) is 0 Å². The van der Waals surface area contributed by atoms with Crippen LogP contribution in [0, 0.1) is 0 Å². The van der Waals surface area contributed by atoms with E-state index >= 15 is 0 Å². The number of benzene rings is 1. The van der Waals surface area contributed by atoms with Gasteiger partial charge in [0.25, 0.3) is 0 Å². The second-order valence-corrected chi connectivity index (χ2v) is 6.66. The maximum Gasteiger partial charge on any atom is 0.363 e. The van der Waals surface area contributed by atoms with Crippen LogP contribution in [0.15, 0.2) is 30.3 Å². The Bertz CT molecular complexity index is 646. The van der Waals surface area contributed by atoms with E-state index in [9.17, 15) is 24.6 Å². The van der Waals surface area contributed by atoms with Gasteiger partial charge >= 0.3 is 17.8 Å². The van der Waals surface area contributed by atoms with E-state index < -0.39 is 40.5 Å². The molecule has 4 atom stereocenters. The number of carbonyl (C=O) groups excluding carboxylic acids is 1. The van der Waals surface area contributed by atoms with Gasteiger partial charge in [-0.15, -0.1) is 0 Å². The van der Waals surface area contributed by atoms with Gasteiger partial charge < -0.3 is 15.9 Å². The summed E-state index contributed by atoms with van der Waals surface area (Å²) in [5.41, 5.74) is 6.71. The Labute approximate surface area is 146 Å². The number of carboxylic acids is 2. The van der Waals surface area contributed by atoms with Gasteiger partial charge in [-0.1, -0.05) is 30.3 Å². The summed E-state index contributed by atoms with van der Waals surface area (Å²) in [4.78, 5) is 36.6. The monoisotopic (exact) mass is 349 g/mol. The third kappa shape index (κ3) is 3.72. The molecule has 25 heavy (non-hydrogen) atoms. The Morgan fingerprint density at radius 2 is 1.88 bits per heavy atom. The van der Waals surface area contributed by atoms with Gasteiger partial charge in [-0.2, -0.15) is 0 Å². The molecule has 136 valence electrons. The van der Waals surface area contributed by atoms with E-state index in [1.165, 1.54) is 6.92 Å². The van der Waals surface area contributed by atoms with E-state index in [4.69, 9.17) is 5.73 Å². The number of hydrogen-bond donors (Lipinski definition) is 3. The van der Waals surface area contributed by atoms with Crippen molar-refractivity contribution in [3.05, 3.63) is 35.9 Å². The van der Waals surface area contributed by atoms with Crippen molar-refractivity contribution in [2.45, 2.75) is 50.7 Å². The highest BCUT2D eigenvalue weighted by atomic mass is 16.4. The average Bonchev–Trinajstić information content (AvgIpc) is 3.00. The molecule has 1 amide bonds. The highest BCUT2D eigenvalue weighted by molar-refractivity contribution is 5.84. The van der Waals surface area contributed by atoms with Gasteiger partial charge in [-0.3, -0.25) is 0 Å². The lowest BCUT2D eigenvalue weighted by Gasteiger charge is -2.41. The molecule has 0 spiro atoms. The predicted octanol–water partition coefficient (Wildman–Crippen LogP) is 1.01. The number of rotatable bonds is 7. The summed E-state index contributed by atoms with van der Waals surface area (Å²) in [6, 6.07) is 6.25. The second-order valence-electron chi connectivity index (χ2n) is 6.66. The summed E-state index contributed by atoms with van der Waals surface area (Å²) in [7, 11) is 0. The van der Waals surface area contributed by atoms with Gasteiger partial charge in [-0.25, -0.2) is 18.9 Å². The molecule has 1 heterocycles. The fourth-order valence-electron chi connectivity index (χ4n) is 3.92. The first kappa shape index (κ1) is 19.1. The van der Waals surface area contributed by atoms with E-state index in [0.717, 1.165) is 5.56 Å². The fraction of sp³-hybridized carbons (Fsp3) is 0.500. The Morgan fingerprint density at radius 3 is 2.40 bits per heavy atom. The summed E-state index contributed by atoms with van der Waals surface area (Å²) < 4.78 is -0.588. The van der Waals surface area contributed by atoms with Crippen LogP contribution in [0.4, 0.5) is 0 Å². The van der Waals surface area contributed by atoms with Crippen molar-refractivity contribution in [3.63, 3.8) is 0 Å². The number of aliphatic carboxylic acids is 2. The number of aryl methyl sites for hydroxylation is 1. The highest BCUT2D eigenvalue weighted by Crippen LogP contribution is 2.34. The van der Waals surface area contributed by atoms with Gasteiger partial charge in [0, 0.05) is 19.3 Å². The van der Waals surface area contributed by atoms with Crippen molar-refractivity contribution < 1.29 is 29.1 Å².